The second kappa shape index (κ2) is 4.29. The molecule has 0 bridgehead atoms. The predicted molar refractivity (Wildman–Crippen MR) is 64.3 cm³/mol. The molecule has 1 aromatic heterocycles. The number of carboxylic acid groups (broad SMARTS) is 1. The highest BCUT2D eigenvalue weighted by atomic mass is 16.4. The van der Waals surface area contributed by atoms with Crippen molar-refractivity contribution in [3.63, 3.8) is 0 Å². The number of hydrogen-bond donors (Lipinski definition) is 3. The number of carbonyl (C=O) groups excluding carboxylic acids is 1. The molecule has 0 fully saturated rings. The van der Waals surface area contributed by atoms with Crippen molar-refractivity contribution < 1.29 is 14.7 Å². The van der Waals surface area contributed by atoms with Gasteiger partial charge in [0.2, 0.25) is 6.41 Å². The Bertz CT molecular complexity index is 587. The van der Waals surface area contributed by atoms with Gasteiger partial charge in [0.05, 0.1) is 0 Å². The highest BCUT2D eigenvalue weighted by Gasteiger charge is 2.15. The summed E-state index contributed by atoms with van der Waals surface area (Å²) in [6, 6.07) is 5.25. The van der Waals surface area contributed by atoms with Crippen molar-refractivity contribution in [2.75, 3.05) is 5.32 Å². The number of aromatic nitrogens is 1. The van der Waals surface area contributed by atoms with Gasteiger partial charge in [0.15, 0.2) is 0 Å². The largest absolute Gasteiger partial charge is 0.477 e. The van der Waals surface area contributed by atoms with E-state index in [1.807, 2.05) is 6.92 Å². The third-order valence-electron chi connectivity index (χ3n) is 2.70. The molecule has 0 saturated carbocycles. The maximum atomic E-state index is 11.1. The van der Waals surface area contributed by atoms with Crippen LogP contribution in [0.3, 0.4) is 0 Å². The minimum Gasteiger partial charge on any atom is -0.477 e. The Balaban J connectivity index is 2.66. The van der Waals surface area contributed by atoms with E-state index in [1.165, 1.54) is 0 Å². The van der Waals surface area contributed by atoms with Crippen LogP contribution < -0.4 is 5.32 Å². The summed E-state index contributed by atoms with van der Waals surface area (Å²) < 4.78 is 0. The number of H-pyrrole nitrogens is 1. The number of nitrogens with one attached hydrogen (secondary N) is 2. The molecule has 0 unspecified atom stereocenters. The summed E-state index contributed by atoms with van der Waals surface area (Å²) in [5.41, 5.74) is 2.38. The third kappa shape index (κ3) is 1.87. The molecular weight excluding hydrogens is 220 g/mol. The minimum atomic E-state index is -0.969. The molecule has 1 heterocycles. The van der Waals surface area contributed by atoms with Crippen molar-refractivity contribution in [1.82, 2.24) is 4.98 Å². The topological polar surface area (TPSA) is 82.2 Å². The number of aryl methyl sites for hydroxylation is 1. The molecule has 5 heteroatoms. The number of hydrogen-bond acceptors (Lipinski definition) is 2. The fourth-order valence-corrected chi connectivity index (χ4v) is 1.96. The number of aromatic amines is 1. The van der Waals surface area contributed by atoms with Gasteiger partial charge in [-0.15, -0.1) is 0 Å². The van der Waals surface area contributed by atoms with E-state index in [9.17, 15) is 9.59 Å². The maximum Gasteiger partial charge on any atom is 0.352 e. The summed E-state index contributed by atoms with van der Waals surface area (Å²) in [7, 11) is 0. The van der Waals surface area contributed by atoms with Gasteiger partial charge >= 0.3 is 5.97 Å². The second-order valence-corrected chi connectivity index (χ2v) is 3.66. The van der Waals surface area contributed by atoms with E-state index < -0.39 is 5.97 Å². The number of amides is 1. The summed E-state index contributed by atoms with van der Waals surface area (Å²) in [6.45, 7) is 1.90. The molecule has 1 amide bonds. The van der Waals surface area contributed by atoms with Crippen LogP contribution in [-0.4, -0.2) is 22.5 Å². The lowest BCUT2D eigenvalue weighted by atomic mass is 10.1. The zero-order valence-electron chi connectivity index (χ0n) is 9.28. The van der Waals surface area contributed by atoms with Crippen molar-refractivity contribution in [3.8, 4) is 0 Å². The number of rotatable bonds is 4. The van der Waals surface area contributed by atoms with E-state index in [0.29, 0.717) is 18.5 Å². The highest BCUT2D eigenvalue weighted by Crippen LogP contribution is 2.26. The molecule has 0 spiro atoms. The van der Waals surface area contributed by atoms with Crippen molar-refractivity contribution >= 4 is 29.0 Å². The first-order valence-corrected chi connectivity index (χ1v) is 5.25. The number of anilines is 1. The van der Waals surface area contributed by atoms with Gasteiger partial charge in [-0.1, -0.05) is 6.92 Å². The Morgan fingerprint density at radius 1 is 1.53 bits per heavy atom. The zero-order valence-corrected chi connectivity index (χ0v) is 9.28. The minimum absolute atomic E-state index is 0.214. The molecule has 3 N–H and O–H groups in total. The van der Waals surface area contributed by atoms with Gasteiger partial charge in [-0.05, 0) is 30.2 Å². The summed E-state index contributed by atoms with van der Waals surface area (Å²) in [5, 5.41) is 12.4. The van der Waals surface area contributed by atoms with Crippen molar-refractivity contribution in [1.29, 1.82) is 0 Å². The summed E-state index contributed by atoms with van der Waals surface area (Å²) in [5.74, 6) is -0.969. The van der Waals surface area contributed by atoms with Crippen molar-refractivity contribution in [3.05, 3.63) is 29.5 Å². The van der Waals surface area contributed by atoms with Gasteiger partial charge in [-0.2, -0.15) is 0 Å². The molecule has 88 valence electrons. The molecule has 17 heavy (non-hydrogen) atoms. The van der Waals surface area contributed by atoms with Crippen LogP contribution in [0.2, 0.25) is 0 Å². The second-order valence-electron chi connectivity index (χ2n) is 3.66. The molecule has 5 nitrogen and oxygen atoms in total. The number of carboxylic acids is 1. The summed E-state index contributed by atoms with van der Waals surface area (Å²) in [4.78, 5) is 24.3. The van der Waals surface area contributed by atoms with Crippen molar-refractivity contribution in [2.24, 2.45) is 0 Å². The lowest BCUT2D eigenvalue weighted by molar-refractivity contribution is -0.105. The fourth-order valence-electron chi connectivity index (χ4n) is 1.96. The lowest BCUT2D eigenvalue weighted by Crippen LogP contribution is -2.00. The van der Waals surface area contributed by atoms with Crippen LogP contribution in [0.5, 0.6) is 0 Å². The average molecular weight is 232 g/mol. The van der Waals surface area contributed by atoms with Gasteiger partial charge in [0, 0.05) is 16.6 Å². The van der Waals surface area contributed by atoms with Crippen molar-refractivity contribution in [2.45, 2.75) is 13.3 Å². The van der Waals surface area contributed by atoms with Gasteiger partial charge in [0.1, 0.15) is 5.69 Å². The van der Waals surface area contributed by atoms with Crippen LogP contribution in [0.1, 0.15) is 23.0 Å². The van der Waals surface area contributed by atoms with E-state index in [2.05, 4.69) is 10.3 Å². The third-order valence-corrected chi connectivity index (χ3v) is 2.70. The fraction of sp³-hybridized carbons (Fsp3) is 0.167. The lowest BCUT2D eigenvalue weighted by Gasteiger charge is -2.00. The average Bonchev–Trinajstić information content (AvgIpc) is 2.67. The van der Waals surface area contributed by atoms with E-state index in [-0.39, 0.29) is 5.69 Å². The molecule has 2 aromatic rings. The molecule has 0 aliphatic heterocycles. The molecule has 0 aliphatic rings. The zero-order chi connectivity index (χ0) is 12.4. The Kier molecular flexibility index (Phi) is 2.82. The van der Waals surface area contributed by atoms with E-state index >= 15 is 0 Å². The Hall–Kier alpha value is -2.30. The molecule has 0 aliphatic carbocycles. The smallest absolute Gasteiger partial charge is 0.352 e. The van der Waals surface area contributed by atoms with Gasteiger partial charge < -0.3 is 15.4 Å². The molecular formula is C12H12N2O3. The van der Waals surface area contributed by atoms with Gasteiger partial charge in [-0.3, -0.25) is 4.79 Å². The van der Waals surface area contributed by atoms with Crippen LogP contribution in [0.15, 0.2) is 18.2 Å². The molecule has 0 saturated heterocycles. The maximum absolute atomic E-state index is 11.1. The summed E-state index contributed by atoms with van der Waals surface area (Å²) >= 11 is 0. The first kappa shape index (κ1) is 11.2. The Morgan fingerprint density at radius 2 is 2.29 bits per heavy atom. The normalized spacial score (nSPS) is 10.4. The summed E-state index contributed by atoms with van der Waals surface area (Å²) in [6.07, 6.45) is 1.21. The van der Waals surface area contributed by atoms with Crippen LogP contribution in [0.4, 0.5) is 5.69 Å². The Morgan fingerprint density at radius 3 is 2.88 bits per heavy atom. The number of aromatic carboxylic acids is 1. The molecule has 1 aromatic carbocycles. The highest BCUT2D eigenvalue weighted by molar-refractivity contribution is 5.98. The van der Waals surface area contributed by atoms with Gasteiger partial charge in [-0.25, -0.2) is 4.79 Å². The molecule has 0 radical (unpaired) electrons. The van der Waals surface area contributed by atoms with Crippen LogP contribution >= 0.6 is 0 Å². The van der Waals surface area contributed by atoms with Gasteiger partial charge in [0.25, 0.3) is 0 Å². The standard InChI is InChI=1S/C12H12N2O3/c1-2-8-9-5-7(13-6-15)3-4-10(9)14-11(8)12(16)17/h3-6,14H,2H2,1H3,(H,13,15)(H,16,17). The van der Waals surface area contributed by atoms with Crippen LogP contribution in [-0.2, 0) is 11.2 Å². The van der Waals surface area contributed by atoms with Crippen LogP contribution in [0.25, 0.3) is 10.9 Å². The number of fused-ring (bicyclic) bond motifs is 1. The first-order chi connectivity index (χ1) is 8.17. The molecule has 0 atom stereocenters. The Labute approximate surface area is 97.4 Å². The van der Waals surface area contributed by atoms with Crippen LogP contribution in [0, 0.1) is 0 Å². The van der Waals surface area contributed by atoms with E-state index in [1.54, 1.807) is 18.2 Å². The van der Waals surface area contributed by atoms with E-state index in [0.717, 1.165) is 16.5 Å². The SMILES string of the molecule is CCc1c(C(=O)O)[nH]c2ccc(NC=O)cc12. The van der Waals surface area contributed by atoms with E-state index in [4.69, 9.17) is 5.11 Å². The first-order valence-electron chi connectivity index (χ1n) is 5.25. The monoisotopic (exact) mass is 232 g/mol. The quantitative estimate of drug-likeness (QED) is 0.705. The molecule has 2 rings (SSSR count). The number of carbonyl (C=O) groups is 2. The number of benzene rings is 1. The predicted octanol–water partition coefficient (Wildman–Crippen LogP) is 2.00.